The van der Waals surface area contributed by atoms with Gasteiger partial charge in [0.05, 0.1) is 34.2 Å². The second kappa shape index (κ2) is 6.16. The minimum absolute atomic E-state index is 0.00737. The minimum Gasteiger partial charge on any atom is -0.345 e. The quantitative estimate of drug-likeness (QED) is 0.551. The molecule has 2 aromatic heterocycles. The first-order valence-corrected chi connectivity index (χ1v) is 9.16. The standard InChI is InChI=1S/C21H19N5O/c1-25-20(24-15-8-3-2-7-14(15)21(25)27)18-11-6-12-26(18)19-13-22-16-9-4-5-10-17(16)23-19/h2-5,7-10,13,18H,6,11-12H2,1H3. The number of aromatic nitrogens is 4. The summed E-state index contributed by atoms with van der Waals surface area (Å²) in [5.74, 6) is 1.62. The molecule has 6 nitrogen and oxygen atoms in total. The molecule has 4 aromatic rings. The zero-order chi connectivity index (χ0) is 18.4. The van der Waals surface area contributed by atoms with Gasteiger partial charge in [0.25, 0.3) is 5.56 Å². The Hall–Kier alpha value is -3.28. The van der Waals surface area contributed by atoms with Gasteiger partial charge in [0.15, 0.2) is 0 Å². The van der Waals surface area contributed by atoms with Gasteiger partial charge in [0, 0.05) is 13.6 Å². The van der Waals surface area contributed by atoms with Crippen LogP contribution >= 0.6 is 0 Å². The van der Waals surface area contributed by atoms with Gasteiger partial charge in [-0.2, -0.15) is 0 Å². The molecular formula is C21H19N5O. The van der Waals surface area contributed by atoms with Crippen molar-refractivity contribution in [3.05, 3.63) is 70.9 Å². The molecule has 2 aromatic carbocycles. The molecule has 0 N–H and O–H groups in total. The fraction of sp³-hybridized carbons (Fsp3) is 0.238. The molecule has 0 saturated carbocycles. The van der Waals surface area contributed by atoms with Crippen molar-refractivity contribution in [2.75, 3.05) is 11.4 Å². The molecule has 5 rings (SSSR count). The highest BCUT2D eigenvalue weighted by atomic mass is 16.1. The molecule has 134 valence electrons. The average molecular weight is 357 g/mol. The molecule has 1 saturated heterocycles. The van der Waals surface area contributed by atoms with E-state index in [1.807, 2.05) is 54.7 Å². The van der Waals surface area contributed by atoms with Crippen molar-refractivity contribution in [1.82, 2.24) is 19.5 Å². The van der Waals surface area contributed by atoms with Crippen LogP contribution in [-0.4, -0.2) is 26.1 Å². The number of benzene rings is 2. The van der Waals surface area contributed by atoms with Crippen molar-refractivity contribution in [3.8, 4) is 0 Å². The van der Waals surface area contributed by atoms with Crippen LogP contribution in [0.15, 0.2) is 59.5 Å². The second-order valence-corrected chi connectivity index (χ2v) is 6.92. The van der Waals surface area contributed by atoms with Crippen molar-refractivity contribution in [2.45, 2.75) is 18.9 Å². The summed E-state index contributed by atoms with van der Waals surface area (Å²) in [6, 6.07) is 15.4. The number of hydrogen-bond donors (Lipinski definition) is 0. The normalized spacial score (nSPS) is 17.1. The fourth-order valence-corrected chi connectivity index (χ4v) is 3.93. The lowest BCUT2D eigenvalue weighted by molar-refractivity contribution is 0.607. The Morgan fingerprint density at radius 1 is 0.963 bits per heavy atom. The smallest absolute Gasteiger partial charge is 0.261 e. The van der Waals surface area contributed by atoms with E-state index in [9.17, 15) is 4.79 Å². The molecule has 1 fully saturated rings. The van der Waals surface area contributed by atoms with Gasteiger partial charge in [-0.05, 0) is 37.1 Å². The van der Waals surface area contributed by atoms with Gasteiger partial charge in [-0.25, -0.2) is 9.97 Å². The van der Waals surface area contributed by atoms with Gasteiger partial charge in [0.1, 0.15) is 11.6 Å². The number of rotatable bonds is 2. The lowest BCUT2D eigenvalue weighted by Gasteiger charge is -2.26. The molecule has 3 heterocycles. The predicted octanol–water partition coefficient (Wildman–Crippen LogP) is 3.22. The van der Waals surface area contributed by atoms with E-state index in [1.165, 1.54) is 0 Å². The zero-order valence-corrected chi connectivity index (χ0v) is 15.0. The molecule has 0 aliphatic carbocycles. The highest BCUT2D eigenvalue weighted by Crippen LogP contribution is 2.34. The summed E-state index contributed by atoms with van der Waals surface area (Å²) in [6.45, 7) is 0.875. The van der Waals surface area contributed by atoms with E-state index < -0.39 is 0 Å². The number of para-hydroxylation sites is 3. The average Bonchev–Trinajstić information content (AvgIpc) is 3.20. The van der Waals surface area contributed by atoms with Crippen molar-refractivity contribution in [3.63, 3.8) is 0 Å². The number of anilines is 1. The summed E-state index contributed by atoms with van der Waals surface area (Å²) in [5, 5.41) is 0.652. The monoisotopic (exact) mass is 357 g/mol. The van der Waals surface area contributed by atoms with Gasteiger partial charge in [-0.3, -0.25) is 14.3 Å². The first-order chi connectivity index (χ1) is 13.2. The lowest BCUT2D eigenvalue weighted by Crippen LogP contribution is -2.31. The highest BCUT2D eigenvalue weighted by Gasteiger charge is 2.31. The first-order valence-electron chi connectivity index (χ1n) is 9.16. The van der Waals surface area contributed by atoms with Crippen molar-refractivity contribution < 1.29 is 0 Å². The van der Waals surface area contributed by atoms with Crippen LogP contribution in [-0.2, 0) is 7.05 Å². The van der Waals surface area contributed by atoms with Crippen molar-refractivity contribution in [2.24, 2.45) is 7.05 Å². The van der Waals surface area contributed by atoms with Crippen LogP contribution in [0.1, 0.15) is 24.7 Å². The molecule has 1 aliphatic rings. The molecule has 0 radical (unpaired) electrons. The maximum absolute atomic E-state index is 12.8. The van der Waals surface area contributed by atoms with Crippen LogP contribution < -0.4 is 10.5 Å². The van der Waals surface area contributed by atoms with E-state index in [1.54, 1.807) is 11.6 Å². The van der Waals surface area contributed by atoms with E-state index in [4.69, 9.17) is 9.97 Å². The molecule has 0 amide bonds. The van der Waals surface area contributed by atoms with Crippen LogP contribution in [0, 0.1) is 0 Å². The van der Waals surface area contributed by atoms with E-state index in [2.05, 4.69) is 9.88 Å². The summed E-state index contributed by atoms with van der Waals surface area (Å²) >= 11 is 0. The topological polar surface area (TPSA) is 63.9 Å². The largest absolute Gasteiger partial charge is 0.345 e. The van der Waals surface area contributed by atoms with Gasteiger partial charge in [-0.1, -0.05) is 24.3 Å². The third-order valence-electron chi connectivity index (χ3n) is 5.30. The maximum Gasteiger partial charge on any atom is 0.261 e. The van der Waals surface area contributed by atoms with E-state index in [-0.39, 0.29) is 11.6 Å². The molecule has 0 bridgehead atoms. The number of nitrogens with zero attached hydrogens (tertiary/aromatic N) is 5. The maximum atomic E-state index is 12.8. The lowest BCUT2D eigenvalue weighted by atomic mass is 10.1. The first kappa shape index (κ1) is 15.9. The van der Waals surface area contributed by atoms with Crippen molar-refractivity contribution >= 4 is 27.8 Å². The molecule has 1 aliphatic heterocycles. The molecular weight excluding hydrogens is 338 g/mol. The second-order valence-electron chi connectivity index (χ2n) is 6.92. The van der Waals surface area contributed by atoms with Gasteiger partial charge in [0.2, 0.25) is 0 Å². The van der Waals surface area contributed by atoms with E-state index >= 15 is 0 Å². The Bertz CT molecular complexity index is 1220. The summed E-state index contributed by atoms with van der Waals surface area (Å²) in [4.78, 5) is 29.2. The third kappa shape index (κ3) is 2.56. The third-order valence-corrected chi connectivity index (χ3v) is 5.30. The van der Waals surface area contributed by atoms with Gasteiger partial charge in [-0.15, -0.1) is 0 Å². The zero-order valence-electron chi connectivity index (χ0n) is 15.0. The van der Waals surface area contributed by atoms with Gasteiger partial charge >= 0.3 is 0 Å². The predicted molar refractivity (Wildman–Crippen MR) is 106 cm³/mol. The van der Waals surface area contributed by atoms with Crippen molar-refractivity contribution in [1.29, 1.82) is 0 Å². The van der Waals surface area contributed by atoms with Crippen LogP contribution in [0.4, 0.5) is 5.82 Å². The van der Waals surface area contributed by atoms with Crippen LogP contribution in [0.5, 0.6) is 0 Å². The molecule has 27 heavy (non-hydrogen) atoms. The number of fused-ring (bicyclic) bond motifs is 2. The Morgan fingerprint density at radius 3 is 2.56 bits per heavy atom. The highest BCUT2D eigenvalue weighted by molar-refractivity contribution is 5.77. The van der Waals surface area contributed by atoms with E-state index in [0.29, 0.717) is 5.39 Å². The molecule has 0 spiro atoms. The molecule has 1 atom stereocenters. The fourth-order valence-electron chi connectivity index (χ4n) is 3.93. The Labute approximate surface area is 156 Å². The summed E-state index contributed by atoms with van der Waals surface area (Å²) < 4.78 is 1.68. The Morgan fingerprint density at radius 2 is 1.70 bits per heavy atom. The van der Waals surface area contributed by atoms with E-state index in [0.717, 1.165) is 47.6 Å². The summed E-state index contributed by atoms with van der Waals surface area (Å²) in [5.41, 5.74) is 2.49. The van der Waals surface area contributed by atoms with Crippen LogP contribution in [0.2, 0.25) is 0 Å². The molecule has 1 unspecified atom stereocenters. The van der Waals surface area contributed by atoms with Crippen LogP contribution in [0.25, 0.3) is 21.9 Å². The Balaban J connectivity index is 1.63. The van der Waals surface area contributed by atoms with Gasteiger partial charge < -0.3 is 4.90 Å². The number of hydrogen-bond acceptors (Lipinski definition) is 5. The minimum atomic E-state index is -0.00737. The summed E-state index contributed by atoms with van der Waals surface area (Å²) in [6.07, 6.45) is 3.79. The Kier molecular flexibility index (Phi) is 3.63. The summed E-state index contributed by atoms with van der Waals surface area (Å²) in [7, 11) is 1.81. The van der Waals surface area contributed by atoms with Crippen LogP contribution in [0.3, 0.4) is 0 Å². The SMILES string of the molecule is Cn1c(C2CCCN2c2cnc3ccccc3n2)nc2ccccc2c1=O. The molecule has 6 heteroatoms.